The van der Waals surface area contributed by atoms with Gasteiger partial charge in [-0.2, -0.15) is 0 Å². The van der Waals surface area contributed by atoms with E-state index in [0.717, 1.165) is 70.8 Å². The van der Waals surface area contributed by atoms with E-state index in [1.54, 1.807) is 47.0 Å². The number of rotatable bonds is 16. The predicted octanol–water partition coefficient (Wildman–Crippen LogP) is 8.72. The molecule has 16 nitrogen and oxygen atoms in total. The van der Waals surface area contributed by atoms with Gasteiger partial charge in [-0.25, -0.2) is 28.7 Å². The predicted molar refractivity (Wildman–Crippen MR) is 273 cm³/mol. The van der Waals surface area contributed by atoms with E-state index in [9.17, 15) is 38.2 Å². The molecule has 0 spiro atoms. The zero-order valence-electron chi connectivity index (χ0n) is 42.9. The topological polar surface area (TPSA) is 215 Å². The Bertz CT molecular complexity index is 2520. The minimum absolute atomic E-state index is 0.00687. The third-order valence-corrected chi connectivity index (χ3v) is 14.5. The molecular formula is C50H72F2N10O6S2. The molecule has 6 N–H and O–H groups in total. The molecule has 0 aromatic carbocycles. The van der Waals surface area contributed by atoms with E-state index in [4.69, 9.17) is 0 Å². The minimum atomic E-state index is -2.97. The fraction of sp³-hybridized carbons (Fsp3) is 0.600. The van der Waals surface area contributed by atoms with Crippen molar-refractivity contribution in [3.63, 3.8) is 0 Å². The van der Waals surface area contributed by atoms with Gasteiger partial charge in [0, 0.05) is 73.2 Å². The van der Waals surface area contributed by atoms with Crippen LogP contribution in [0.2, 0.25) is 0 Å². The van der Waals surface area contributed by atoms with E-state index >= 15 is 0 Å². The first-order chi connectivity index (χ1) is 32.5. The van der Waals surface area contributed by atoms with Gasteiger partial charge in [-0.3, -0.25) is 19.2 Å². The van der Waals surface area contributed by atoms with Crippen molar-refractivity contribution in [1.29, 1.82) is 0 Å². The first-order valence-corrected chi connectivity index (χ1v) is 25.7. The number of nitrogens with zero attached hydrogens (tertiary/aromatic N) is 6. The molecule has 2 saturated heterocycles. The van der Waals surface area contributed by atoms with Crippen molar-refractivity contribution in [2.24, 2.45) is 0 Å². The average molecular weight is 1010 g/mol. The van der Waals surface area contributed by atoms with Crippen molar-refractivity contribution in [2.75, 3.05) is 36.8 Å². The normalized spacial score (nSPS) is 17.6. The molecule has 2 fully saturated rings. The van der Waals surface area contributed by atoms with Gasteiger partial charge in [-0.1, -0.05) is 13.8 Å². The monoisotopic (exact) mass is 1010 g/mol. The molecule has 2 aliphatic heterocycles. The number of thiazole rings is 2. The molecule has 4 amide bonds. The standard InChI is InChI=1S/C26H39N5O3S.C24H33F2N5O3S/c1-8-25(4,5)30-19-13-16(2)18(14-27-19)21-20(24(33)31-12-10-9-11-17(31)3)29-23(35-21)22(32)28-15-26(6,7)34;1-7-14(3)29-17-8-13(2)16(10-27-17)19-18(22(33)31-12-24(25,26)9-15(31)4)30-21(35-19)20(32)28-11-23(5,6)34/h13-14,17,34H,8-12,15H2,1-7H3,(H,27,30)(H,28,32);8,10,14-15,34H,7,9,11-12H2,1-6H3,(H,27,29)(H,28,32)/t17-;14-,15+/m01/s1. The molecule has 6 heterocycles. The molecular weight excluding hydrogens is 939 g/mol. The van der Waals surface area contributed by atoms with Crippen LogP contribution in [-0.2, 0) is 0 Å². The number of piperidine rings is 1. The highest BCUT2D eigenvalue weighted by molar-refractivity contribution is 7.17. The van der Waals surface area contributed by atoms with Crippen LogP contribution in [0.1, 0.15) is 166 Å². The van der Waals surface area contributed by atoms with Crippen LogP contribution in [0.3, 0.4) is 0 Å². The number of pyridine rings is 2. The van der Waals surface area contributed by atoms with Crippen LogP contribution in [-0.4, -0.2) is 131 Å². The van der Waals surface area contributed by atoms with Crippen LogP contribution in [0.15, 0.2) is 24.5 Å². The number of aromatic nitrogens is 4. The van der Waals surface area contributed by atoms with Crippen LogP contribution < -0.4 is 21.3 Å². The van der Waals surface area contributed by atoms with Crippen LogP contribution in [0, 0.1) is 13.8 Å². The van der Waals surface area contributed by atoms with Gasteiger partial charge in [0.15, 0.2) is 10.0 Å². The van der Waals surface area contributed by atoms with Gasteiger partial charge < -0.3 is 41.3 Å². The van der Waals surface area contributed by atoms with Crippen LogP contribution in [0.4, 0.5) is 20.4 Å². The quantitative estimate of drug-likeness (QED) is 0.0622. The Kier molecular flexibility index (Phi) is 17.9. The Morgan fingerprint density at radius 2 is 1.27 bits per heavy atom. The summed E-state index contributed by atoms with van der Waals surface area (Å²) in [6, 6.07) is 3.49. The summed E-state index contributed by atoms with van der Waals surface area (Å²) < 4.78 is 28.0. The van der Waals surface area contributed by atoms with Gasteiger partial charge in [0.25, 0.3) is 29.6 Å². The highest BCUT2D eigenvalue weighted by Gasteiger charge is 2.46. The lowest BCUT2D eigenvalue weighted by Gasteiger charge is -2.33. The van der Waals surface area contributed by atoms with Gasteiger partial charge >= 0.3 is 0 Å². The van der Waals surface area contributed by atoms with Crippen molar-refractivity contribution in [3.8, 4) is 20.9 Å². The fourth-order valence-corrected chi connectivity index (χ4v) is 9.81. The van der Waals surface area contributed by atoms with Crippen molar-refractivity contribution in [2.45, 2.75) is 169 Å². The summed E-state index contributed by atoms with van der Waals surface area (Å²) in [5.41, 5.74) is 1.09. The number of aliphatic hydroxyl groups is 2. The number of likely N-dealkylation sites (tertiary alicyclic amines) is 2. The summed E-state index contributed by atoms with van der Waals surface area (Å²) >= 11 is 2.19. The van der Waals surface area contributed by atoms with Gasteiger partial charge in [0.05, 0.1) is 27.5 Å². The van der Waals surface area contributed by atoms with E-state index < -0.39 is 53.9 Å². The van der Waals surface area contributed by atoms with Crippen molar-refractivity contribution in [3.05, 3.63) is 57.1 Å². The second-order valence-corrected chi connectivity index (χ2v) is 22.7. The minimum Gasteiger partial charge on any atom is -0.389 e. The van der Waals surface area contributed by atoms with E-state index in [1.807, 2.05) is 37.8 Å². The van der Waals surface area contributed by atoms with Crippen LogP contribution in [0.5, 0.6) is 0 Å². The Labute approximate surface area is 418 Å². The Morgan fingerprint density at radius 1 is 0.786 bits per heavy atom. The number of amides is 4. The second-order valence-electron chi connectivity index (χ2n) is 20.7. The number of halogens is 2. The maximum Gasteiger partial charge on any atom is 0.280 e. The third kappa shape index (κ3) is 14.7. The maximum atomic E-state index is 14.0. The molecule has 70 heavy (non-hydrogen) atoms. The lowest BCUT2D eigenvalue weighted by atomic mass is 10.0. The summed E-state index contributed by atoms with van der Waals surface area (Å²) in [6.45, 7) is 24.3. The van der Waals surface area contributed by atoms with Gasteiger partial charge in [-0.15, -0.1) is 22.7 Å². The van der Waals surface area contributed by atoms with Gasteiger partial charge in [0.1, 0.15) is 23.0 Å². The maximum absolute atomic E-state index is 14.0. The molecule has 0 bridgehead atoms. The summed E-state index contributed by atoms with van der Waals surface area (Å²) in [5.74, 6) is -3.30. The molecule has 2 aliphatic rings. The molecule has 3 atom stereocenters. The van der Waals surface area contributed by atoms with E-state index in [0.29, 0.717) is 27.7 Å². The number of hydrogen-bond donors (Lipinski definition) is 6. The van der Waals surface area contributed by atoms with Crippen molar-refractivity contribution >= 4 is 57.9 Å². The molecule has 4 aromatic heterocycles. The molecule has 4 aromatic rings. The molecule has 6 rings (SSSR count). The lowest BCUT2D eigenvalue weighted by molar-refractivity contribution is 0.0117. The van der Waals surface area contributed by atoms with E-state index in [1.165, 1.54) is 11.3 Å². The Balaban J connectivity index is 0.000000261. The lowest BCUT2D eigenvalue weighted by Crippen LogP contribution is -2.42. The third-order valence-electron chi connectivity index (χ3n) is 12.3. The smallest absolute Gasteiger partial charge is 0.280 e. The summed E-state index contributed by atoms with van der Waals surface area (Å²) in [6.07, 6.45) is 7.81. The Morgan fingerprint density at radius 3 is 1.70 bits per heavy atom. The summed E-state index contributed by atoms with van der Waals surface area (Å²) in [4.78, 5) is 74.5. The largest absolute Gasteiger partial charge is 0.389 e. The summed E-state index contributed by atoms with van der Waals surface area (Å²) in [5, 5.41) is 32.2. The first-order valence-electron chi connectivity index (χ1n) is 24.0. The van der Waals surface area contributed by atoms with Crippen molar-refractivity contribution in [1.82, 2.24) is 40.4 Å². The number of hydrogen-bond acceptors (Lipinski definition) is 14. The van der Waals surface area contributed by atoms with Crippen molar-refractivity contribution < 1.29 is 38.2 Å². The zero-order chi connectivity index (χ0) is 52.1. The first kappa shape index (κ1) is 55.7. The average Bonchev–Trinajstić information content (AvgIpc) is 3.99. The SMILES string of the molecule is CCC(C)(C)Nc1cc(C)c(-c2sc(C(=O)NCC(C)(C)O)nc2C(=O)N2CCCC[C@@H]2C)cn1.CC[C@@H](C)Nc1cc(C)c(-c2sc(C(=O)NCC(C)(C)O)nc2C(=O)N2CC(F)(F)C[C@@H]2C)cn1. The Hall–Kier alpha value is -5.18. The molecule has 0 saturated carbocycles. The van der Waals surface area contributed by atoms with Crippen LogP contribution in [0.25, 0.3) is 20.9 Å². The number of nitrogens with one attached hydrogen (secondary N) is 4. The zero-order valence-corrected chi connectivity index (χ0v) is 44.5. The highest BCUT2D eigenvalue weighted by Crippen LogP contribution is 2.39. The number of anilines is 2. The van der Waals surface area contributed by atoms with Crippen LogP contribution >= 0.6 is 22.7 Å². The number of carbonyl (C=O) groups excluding carboxylic acids is 4. The molecule has 384 valence electrons. The highest BCUT2D eigenvalue weighted by atomic mass is 32.1. The van der Waals surface area contributed by atoms with Gasteiger partial charge in [0.2, 0.25) is 0 Å². The summed E-state index contributed by atoms with van der Waals surface area (Å²) in [7, 11) is 0. The van der Waals surface area contributed by atoms with E-state index in [-0.39, 0.29) is 58.0 Å². The molecule has 20 heteroatoms. The van der Waals surface area contributed by atoms with E-state index in [2.05, 4.69) is 75.8 Å². The molecule has 0 aliphatic carbocycles. The fourth-order valence-electron chi connectivity index (χ4n) is 7.71. The molecule has 0 radical (unpaired) electrons. The second kappa shape index (κ2) is 22.5. The number of carbonyl (C=O) groups is 4. The van der Waals surface area contributed by atoms with Gasteiger partial charge in [-0.05, 0) is 132 Å². The molecule has 0 unspecified atom stereocenters. The number of alkyl halides is 2. The number of aryl methyl sites for hydroxylation is 2.